The largest absolute Gasteiger partial charge is 0.393 e. The minimum absolute atomic E-state index is 0.216. The molecule has 0 rings (SSSR count). The molecular weight excluding hydrogens is 196 g/mol. The third kappa shape index (κ3) is 7.73. The summed E-state index contributed by atoms with van der Waals surface area (Å²) in [5.74, 6) is 0. The highest BCUT2D eigenvalue weighted by Gasteiger charge is 2.17. The molecule has 0 fully saturated rings. The van der Waals surface area contributed by atoms with Crippen molar-refractivity contribution in [1.82, 2.24) is 0 Å². The van der Waals surface area contributed by atoms with Gasteiger partial charge in [0.25, 0.3) is 0 Å². The van der Waals surface area contributed by atoms with E-state index in [1.807, 2.05) is 13.8 Å². The highest BCUT2D eigenvalue weighted by Crippen LogP contribution is 2.12. The Morgan fingerprint density at radius 1 is 0.600 bits per heavy atom. The van der Waals surface area contributed by atoms with Crippen LogP contribution < -0.4 is 0 Å². The molecule has 0 aromatic carbocycles. The molecule has 0 amide bonds. The second-order valence-corrected chi connectivity index (χ2v) is 4.14. The number of aliphatic hydroxyl groups excluding tert-OH is 4. The zero-order valence-corrected chi connectivity index (χ0v) is 9.63. The van der Waals surface area contributed by atoms with Crippen molar-refractivity contribution in [2.45, 2.75) is 70.4 Å². The van der Waals surface area contributed by atoms with E-state index < -0.39 is 24.4 Å². The molecular formula is C11H24O4. The van der Waals surface area contributed by atoms with Crippen molar-refractivity contribution in [3.8, 4) is 0 Å². The summed E-state index contributed by atoms with van der Waals surface area (Å²) >= 11 is 0. The third-order valence-corrected chi connectivity index (χ3v) is 2.57. The SMILES string of the molecule is CCC(O)CC(O)CC(O)CC(O)CC. The van der Waals surface area contributed by atoms with E-state index in [1.54, 1.807) is 0 Å². The van der Waals surface area contributed by atoms with E-state index in [9.17, 15) is 20.4 Å². The zero-order chi connectivity index (χ0) is 11.8. The van der Waals surface area contributed by atoms with Crippen LogP contribution in [0.1, 0.15) is 46.0 Å². The van der Waals surface area contributed by atoms with Gasteiger partial charge in [0.2, 0.25) is 0 Å². The number of aliphatic hydroxyl groups is 4. The standard InChI is InChI=1S/C11H24O4/c1-3-8(12)5-10(14)7-11(15)6-9(13)4-2/h8-15H,3-7H2,1-2H3. The van der Waals surface area contributed by atoms with E-state index in [0.29, 0.717) is 12.8 Å². The number of rotatable bonds is 8. The van der Waals surface area contributed by atoms with E-state index in [4.69, 9.17) is 0 Å². The van der Waals surface area contributed by atoms with Gasteiger partial charge in [0, 0.05) is 0 Å². The van der Waals surface area contributed by atoms with Crippen LogP contribution in [0.5, 0.6) is 0 Å². The molecule has 0 aliphatic heterocycles. The summed E-state index contributed by atoms with van der Waals surface area (Å²) in [6.45, 7) is 3.68. The van der Waals surface area contributed by atoms with E-state index >= 15 is 0 Å². The van der Waals surface area contributed by atoms with Crippen molar-refractivity contribution < 1.29 is 20.4 Å². The maximum absolute atomic E-state index is 9.51. The molecule has 0 aromatic rings. The van der Waals surface area contributed by atoms with E-state index in [-0.39, 0.29) is 19.3 Å². The lowest BCUT2D eigenvalue weighted by molar-refractivity contribution is 0.0178. The fraction of sp³-hybridized carbons (Fsp3) is 1.00. The Labute approximate surface area is 91.6 Å². The van der Waals surface area contributed by atoms with Gasteiger partial charge in [-0.25, -0.2) is 0 Å². The lowest BCUT2D eigenvalue weighted by atomic mass is 10.00. The molecule has 4 heteroatoms. The molecule has 4 nitrogen and oxygen atoms in total. The minimum atomic E-state index is -0.695. The summed E-state index contributed by atoms with van der Waals surface area (Å²) in [5, 5.41) is 37.6. The second kappa shape index (κ2) is 8.05. The van der Waals surface area contributed by atoms with Crippen molar-refractivity contribution in [1.29, 1.82) is 0 Å². The maximum Gasteiger partial charge on any atom is 0.0589 e. The molecule has 4 N–H and O–H groups in total. The second-order valence-electron chi connectivity index (χ2n) is 4.14. The van der Waals surface area contributed by atoms with Gasteiger partial charge in [0.1, 0.15) is 0 Å². The van der Waals surface area contributed by atoms with Gasteiger partial charge in [-0.2, -0.15) is 0 Å². The van der Waals surface area contributed by atoms with Crippen LogP contribution in [0.25, 0.3) is 0 Å². The first kappa shape index (κ1) is 14.8. The summed E-state index contributed by atoms with van der Waals surface area (Å²) in [4.78, 5) is 0. The Morgan fingerprint density at radius 2 is 0.867 bits per heavy atom. The minimum Gasteiger partial charge on any atom is -0.393 e. The van der Waals surface area contributed by atoms with Gasteiger partial charge in [-0.05, 0) is 32.1 Å². The Balaban J connectivity index is 3.70. The average Bonchev–Trinajstić information content (AvgIpc) is 2.16. The molecule has 0 radical (unpaired) electrons. The van der Waals surface area contributed by atoms with Crippen molar-refractivity contribution in [2.75, 3.05) is 0 Å². The molecule has 4 atom stereocenters. The van der Waals surface area contributed by atoms with Gasteiger partial charge in [-0.15, -0.1) is 0 Å². The van der Waals surface area contributed by atoms with Crippen molar-refractivity contribution >= 4 is 0 Å². The van der Waals surface area contributed by atoms with Crippen LogP contribution in [0.3, 0.4) is 0 Å². The molecule has 92 valence electrons. The van der Waals surface area contributed by atoms with Crippen LogP contribution in [0, 0.1) is 0 Å². The van der Waals surface area contributed by atoms with Crippen LogP contribution in [-0.4, -0.2) is 44.8 Å². The van der Waals surface area contributed by atoms with Gasteiger partial charge >= 0.3 is 0 Å². The lowest BCUT2D eigenvalue weighted by Crippen LogP contribution is -2.25. The van der Waals surface area contributed by atoms with Crippen molar-refractivity contribution in [3.63, 3.8) is 0 Å². The fourth-order valence-electron chi connectivity index (χ4n) is 1.47. The molecule has 15 heavy (non-hydrogen) atoms. The molecule has 0 saturated heterocycles. The van der Waals surface area contributed by atoms with Crippen molar-refractivity contribution in [2.24, 2.45) is 0 Å². The summed E-state index contributed by atoms with van der Waals surface area (Å²) in [7, 11) is 0. The smallest absolute Gasteiger partial charge is 0.0589 e. The average molecular weight is 220 g/mol. The predicted octanol–water partition coefficient (Wildman–Crippen LogP) is 0.420. The molecule has 0 heterocycles. The Bertz CT molecular complexity index is 136. The summed E-state index contributed by atoms with van der Waals surface area (Å²) in [6.07, 6.45) is -0.417. The first-order chi connectivity index (χ1) is 6.99. The Morgan fingerprint density at radius 3 is 1.13 bits per heavy atom. The van der Waals surface area contributed by atoms with E-state index in [2.05, 4.69) is 0 Å². The van der Waals surface area contributed by atoms with Gasteiger partial charge < -0.3 is 20.4 Å². The van der Waals surface area contributed by atoms with Crippen LogP contribution in [-0.2, 0) is 0 Å². The highest BCUT2D eigenvalue weighted by molar-refractivity contribution is 4.69. The first-order valence-corrected chi connectivity index (χ1v) is 5.71. The molecule has 0 aromatic heterocycles. The van der Waals surface area contributed by atoms with Gasteiger partial charge in [0.15, 0.2) is 0 Å². The quantitative estimate of drug-likeness (QED) is 0.478. The first-order valence-electron chi connectivity index (χ1n) is 5.71. The number of hydrogen-bond acceptors (Lipinski definition) is 4. The highest BCUT2D eigenvalue weighted by atomic mass is 16.3. The monoisotopic (exact) mass is 220 g/mol. The van der Waals surface area contributed by atoms with Crippen LogP contribution in [0.4, 0.5) is 0 Å². The van der Waals surface area contributed by atoms with Crippen LogP contribution in [0.2, 0.25) is 0 Å². The Hall–Kier alpha value is -0.160. The summed E-state index contributed by atoms with van der Waals surface area (Å²) < 4.78 is 0. The maximum atomic E-state index is 9.51. The van der Waals surface area contributed by atoms with Crippen LogP contribution >= 0.6 is 0 Å². The molecule has 0 aliphatic carbocycles. The van der Waals surface area contributed by atoms with Gasteiger partial charge in [0.05, 0.1) is 24.4 Å². The van der Waals surface area contributed by atoms with Gasteiger partial charge in [-0.3, -0.25) is 0 Å². The molecule has 0 saturated carbocycles. The van der Waals surface area contributed by atoms with Gasteiger partial charge in [-0.1, -0.05) is 13.8 Å². The van der Waals surface area contributed by atoms with Crippen LogP contribution in [0.15, 0.2) is 0 Å². The summed E-state index contributed by atoms with van der Waals surface area (Å²) in [6, 6.07) is 0. The molecule has 4 unspecified atom stereocenters. The van der Waals surface area contributed by atoms with E-state index in [0.717, 1.165) is 0 Å². The molecule has 0 bridgehead atoms. The zero-order valence-electron chi connectivity index (χ0n) is 9.63. The predicted molar refractivity (Wildman–Crippen MR) is 58.5 cm³/mol. The Kier molecular flexibility index (Phi) is 7.96. The number of hydrogen-bond donors (Lipinski definition) is 4. The molecule has 0 spiro atoms. The topological polar surface area (TPSA) is 80.9 Å². The van der Waals surface area contributed by atoms with E-state index in [1.165, 1.54) is 0 Å². The normalized spacial score (nSPS) is 19.6. The van der Waals surface area contributed by atoms with Crippen molar-refractivity contribution in [3.05, 3.63) is 0 Å². The lowest BCUT2D eigenvalue weighted by Gasteiger charge is -2.19. The summed E-state index contributed by atoms with van der Waals surface area (Å²) in [5.41, 5.74) is 0. The molecule has 0 aliphatic rings. The third-order valence-electron chi connectivity index (χ3n) is 2.57. The fourth-order valence-corrected chi connectivity index (χ4v) is 1.47.